The zero-order valence-corrected chi connectivity index (χ0v) is 15.1. The SMILES string of the molecule is COc1cc(NC(=O)Cc2ccc(-c3cccc(C#N)n3)nc2)ncc1Cl. The highest BCUT2D eigenvalue weighted by atomic mass is 35.5. The summed E-state index contributed by atoms with van der Waals surface area (Å²) in [6.45, 7) is 0. The molecule has 0 aliphatic rings. The summed E-state index contributed by atoms with van der Waals surface area (Å²) in [7, 11) is 1.49. The lowest BCUT2D eigenvalue weighted by atomic mass is 10.1. The van der Waals surface area contributed by atoms with Gasteiger partial charge in [0, 0.05) is 12.3 Å². The second-order valence-electron chi connectivity index (χ2n) is 5.50. The number of ether oxygens (including phenoxy) is 1. The van der Waals surface area contributed by atoms with E-state index in [0.717, 1.165) is 5.56 Å². The van der Waals surface area contributed by atoms with E-state index in [1.165, 1.54) is 13.3 Å². The molecule has 1 amide bonds. The number of nitrogens with zero attached hydrogens (tertiary/aromatic N) is 4. The molecule has 0 aliphatic heterocycles. The average Bonchev–Trinajstić information content (AvgIpc) is 2.70. The zero-order valence-electron chi connectivity index (χ0n) is 14.3. The van der Waals surface area contributed by atoms with Crippen LogP contribution in [-0.4, -0.2) is 28.0 Å². The molecule has 7 nitrogen and oxygen atoms in total. The lowest BCUT2D eigenvalue weighted by Crippen LogP contribution is -2.15. The minimum absolute atomic E-state index is 0.131. The first kappa shape index (κ1) is 18.3. The Morgan fingerprint density at radius 3 is 2.78 bits per heavy atom. The van der Waals surface area contributed by atoms with Crippen molar-refractivity contribution in [3.05, 3.63) is 65.1 Å². The summed E-state index contributed by atoms with van der Waals surface area (Å²) < 4.78 is 5.10. The van der Waals surface area contributed by atoms with E-state index in [2.05, 4.69) is 20.3 Å². The van der Waals surface area contributed by atoms with Gasteiger partial charge in [0.05, 0.1) is 31.1 Å². The molecule has 3 aromatic heterocycles. The average molecular weight is 380 g/mol. The highest BCUT2D eigenvalue weighted by Crippen LogP contribution is 2.25. The number of amides is 1. The smallest absolute Gasteiger partial charge is 0.230 e. The summed E-state index contributed by atoms with van der Waals surface area (Å²) in [4.78, 5) is 24.8. The Morgan fingerprint density at radius 2 is 2.07 bits per heavy atom. The maximum Gasteiger partial charge on any atom is 0.230 e. The largest absolute Gasteiger partial charge is 0.495 e. The molecule has 3 heterocycles. The minimum atomic E-state index is -0.244. The molecular weight excluding hydrogens is 366 g/mol. The number of carbonyl (C=O) groups excluding carboxylic acids is 1. The first-order valence-corrected chi connectivity index (χ1v) is 8.28. The standard InChI is InChI=1S/C19H14ClN5O2/c1-27-17-8-18(23-11-14(17)20)25-19(26)7-12-5-6-15(22-10-12)16-4-2-3-13(9-21)24-16/h2-6,8,10-11H,7H2,1H3,(H,23,25,26). The van der Waals surface area contributed by atoms with Gasteiger partial charge in [0.1, 0.15) is 28.4 Å². The van der Waals surface area contributed by atoms with Crippen molar-refractivity contribution in [3.63, 3.8) is 0 Å². The first-order valence-electron chi connectivity index (χ1n) is 7.91. The summed E-state index contributed by atoms with van der Waals surface area (Å²) >= 11 is 5.92. The Morgan fingerprint density at radius 1 is 1.22 bits per heavy atom. The number of pyridine rings is 3. The van der Waals surface area contributed by atoms with E-state index < -0.39 is 0 Å². The van der Waals surface area contributed by atoms with Gasteiger partial charge >= 0.3 is 0 Å². The first-order chi connectivity index (χ1) is 13.1. The number of nitriles is 1. The molecular formula is C19H14ClN5O2. The number of rotatable bonds is 5. The van der Waals surface area contributed by atoms with Crippen LogP contribution in [0.4, 0.5) is 5.82 Å². The Kier molecular flexibility index (Phi) is 5.59. The van der Waals surface area contributed by atoms with Crippen LogP contribution in [0.1, 0.15) is 11.3 Å². The van der Waals surface area contributed by atoms with E-state index in [1.807, 2.05) is 6.07 Å². The Bertz CT molecular complexity index is 1020. The van der Waals surface area contributed by atoms with Gasteiger partial charge < -0.3 is 10.1 Å². The maximum atomic E-state index is 12.2. The third kappa shape index (κ3) is 4.57. The van der Waals surface area contributed by atoms with E-state index in [-0.39, 0.29) is 12.3 Å². The van der Waals surface area contributed by atoms with Gasteiger partial charge in [0.25, 0.3) is 0 Å². The van der Waals surface area contributed by atoms with Gasteiger partial charge in [-0.1, -0.05) is 23.7 Å². The van der Waals surface area contributed by atoms with Crippen molar-refractivity contribution < 1.29 is 9.53 Å². The molecule has 0 bridgehead atoms. The van der Waals surface area contributed by atoms with Crippen LogP contribution in [0.2, 0.25) is 5.02 Å². The minimum Gasteiger partial charge on any atom is -0.495 e. The topological polar surface area (TPSA) is 101 Å². The van der Waals surface area contributed by atoms with Crippen LogP contribution in [0.15, 0.2) is 48.8 Å². The number of methoxy groups -OCH3 is 1. The van der Waals surface area contributed by atoms with Gasteiger partial charge in [0.2, 0.25) is 5.91 Å². The van der Waals surface area contributed by atoms with Crippen LogP contribution in [0.3, 0.4) is 0 Å². The molecule has 134 valence electrons. The lowest BCUT2D eigenvalue weighted by molar-refractivity contribution is -0.115. The van der Waals surface area contributed by atoms with Crippen LogP contribution < -0.4 is 10.1 Å². The number of hydrogen-bond donors (Lipinski definition) is 1. The van der Waals surface area contributed by atoms with Crippen LogP contribution in [0.25, 0.3) is 11.4 Å². The molecule has 3 aromatic rings. The van der Waals surface area contributed by atoms with Crippen molar-refractivity contribution in [2.45, 2.75) is 6.42 Å². The van der Waals surface area contributed by atoms with Gasteiger partial charge in [-0.25, -0.2) is 9.97 Å². The number of halogens is 1. The predicted molar refractivity (Wildman–Crippen MR) is 100 cm³/mol. The Labute approximate surface area is 160 Å². The molecule has 0 unspecified atom stereocenters. The second kappa shape index (κ2) is 8.25. The fraction of sp³-hybridized carbons (Fsp3) is 0.105. The molecule has 27 heavy (non-hydrogen) atoms. The van der Waals surface area contributed by atoms with Crippen molar-refractivity contribution in [1.29, 1.82) is 5.26 Å². The quantitative estimate of drug-likeness (QED) is 0.730. The van der Waals surface area contributed by atoms with Crippen molar-refractivity contribution in [2.75, 3.05) is 12.4 Å². The maximum absolute atomic E-state index is 12.2. The van der Waals surface area contributed by atoms with E-state index in [4.69, 9.17) is 21.6 Å². The van der Waals surface area contributed by atoms with Crippen LogP contribution in [0, 0.1) is 11.3 Å². The summed E-state index contributed by atoms with van der Waals surface area (Å²) in [6, 6.07) is 12.2. The van der Waals surface area contributed by atoms with Crippen molar-refractivity contribution in [1.82, 2.24) is 15.0 Å². The summed E-state index contributed by atoms with van der Waals surface area (Å²) in [5, 5.41) is 12.0. The van der Waals surface area contributed by atoms with Crippen LogP contribution in [0.5, 0.6) is 5.75 Å². The fourth-order valence-corrected chi connectivity index (χ4v) is 2.52. The number of nitrogens with one attached hydrogen (secondary N) is 1. The molecule has 0 aromatic carbocycles. The van der Waals surface area contributed by atoms with Gasteiger partial charge in [-0.2, -0.15) is 5.26 Å². The van der Waals surface area contributed by atoms with Gasteiger partial charge in [-0.15, -0.1) is 0 Å². The van der Waals surface area contributed by atoms with Crippen molar-refractivity contribution in [2.24, 2.45) is 0 Å². The Hall–Kier alpha value is -3.50. The van der Waals surface area contributed by atoms with Crippen molar-refractivity contribution in [3.8, 4) is 23.2 Å². The second-order valence-corrected chi connectivity index (χ2v) is 5.91. The van der Waals surface area contributed by atoms with Crippen LogP contribution in [-0.2, 0) is 11.2 Å². The number of hydrogen-bond acceptors (Lipinski definition) is 6. The molecule has 0 radical (unpaired) electrons. The predicted octanol–water partition coefficient (Wildman–Crippen LogP) is 3.25. The monoisotopic (exact) mass is 379 g/mol. The molecule has 0 aliphatic carbocycles. The molecule has 0 saturated heterocycles. The summed E-state index contributed by atoms with van der Waals surface area (Å²) in [5.74, 6) is 0.537. The zero-order chi connectivity index (χ0) is 19.2. The molecule has 3 rings (SSSR count). The molecule has 0 fully saturated rings. The van der Waals surface area contributed by atoms with Crippen LogP contribution >= 0.6 is 11.6 Å². The number of anilines is 1. The van der Waals surface area contributed by atoms with E-state index >= 15 is 0 Å². The molecule has 1 N–H and O–H groups in total. The highest BCUT2D eigenvalue weighted by molar-refractivity contribution is 6.32. The summed E-state index contributed by atoms with van der Waals surface area (Å²) in [5.41, 5.74) is 2.28. The molecule has 8 heteroatoms. The van der Waals surface area contributed by atoms with E-state index in [9.17, 15) is 4.79 Å². The van der Waals surface area contributed by atoms with Crippen molar-refractivity contribution >= 4 is 23.3 Å². The third-order valence-electron chi connectivity index (χ3n) is 3.62. The third-order valence-corrected chi connectivity index (χ3v) is 3.91. The van der Waals surface area contributed by atoms with Gasteiger partial charge in [0.15, 0.2) is 0 Å². The molecule has 0 spiro atoms. The normalized spacial score (nSPS) is 10.1. The fourth-order valence-electron chi connectivity index (χ4n) is 2.34. The number of carbonyl (C=O) groups is 1. The highest BCUT2D eigenvalue weighted by Gasteiger charge is 2.09. The Balaban J connectivity index is 1.67. The molecule has 0 saturated carbocycles. The van der Waals surface area contributed by atoms with E-state index in [0.29, 0.717) is 33.7 Å². The van der Waals surface area contributed by atoms with Gasteiger partial charge in [-0.3, -0.25) is 9.78 Å². The lowest BCUT2D eigenvalue weighted by Gasteiger charge is -2.08. The van der Waals surface area contributed by atoms with Gasteiger partial charge in [-0.05, 0) is 23.8 Å². The van der Waals surface area contributed by atoms with E-state index in [1.54, 1.807) is 42.6 Å². The summed E-state index contributed by atoms with van der Waals surface area (Å²) in [6.07, 6.45) is 3.14. The number of aromatic nitrogens is 3. The molecule has 0 atom stereocenters.